The molecule has 2 aliphatic rings. The van der Waals surface area contributed by atoms with Crippen molar-refractivity contribution >= 4 is 5.91 Å². The van der Waals surface area contributed by atoms with Gasteiger partial charge in [0.05, 0.1) is 13.2 Å². The molecule has 1 aromatic heterocycles. The van der Waals surface area contributed by atoms with Crippen molar-refractivity contribution in [2.45, 2.75) is 70.1 Å². The Bertz CT molecular complexity index is 791. The van der Waals surface area contributed by atoms with E-state index in [0.29, 0.717) is 17.8 Å². The summed E-state index contributed by atoms with van der Waals surface area (Å²) in [5.74, 6) is 2.15. The Labute approximate surface area is 167 Å². The SMILES string of the molecule is COc1cccc(C[NH+](Cc2ccc(C(=O)NC3CC3)o2)C2CCCCC2)c1. The van der Waals surface area contributed by atoms with Crippen molar-refractivity contribution in [2.24, 2.45) is 0 Å². The lowest BCUT2D eigenvalue weighted by atomic mass is 9.93. The second-order valence-corrected chi connectivity index (χ2v) is 8.21. The summed E-state index contributed by atoms with van der Waals surface area (Å²) in [6.07, 6.45) is 8.64. The number of benzene rings is 1. The Hall–Kier alpha value is -2.27. The van der Waals surface area contributed by atoms with Gasteiger partial charge >= 0.3 is 0 Å². The van der Waals surface area contributed by atoms with Crippen LogP contribution in [0.2, 0.25) is 0 Å². The minimum absolute atomic E-state index is 0.0826. The van der Waals surface area contributed by atoms with Crippen LogP contribution < -0.4 is 15.0 Å². The van der Waals surface area contributed by atoms with Crippen LogP contribution in [0.3, 0.4) is 0 Å². The zero-order valence-electron chi connectivity index (χ0n) is 16.7. The molecule has 0 bridgehead atoms. The molecule has 2 saturated carbocycles. The van der Waals surface area contributed by atoms with Crippen LogP contribution in [-0.2, 0) is 13.1 Å². The van der Waals surface area contributed by atoms with Gasteiger partial charge < -0.3 is 19.4 Å². The number of hydrogen-bond acceptors (Lipinski definition) is 3. The molecule has 1 heterocycles. The maximum Gasteiger partial charge on any atom is 0.287 e. The van der Waals surface area contributed by atoms with E-state index < -0.39 is 0 Å². The van der Waals surface area contributed by atoms with Crippen molar-refractivity contribution < 1.29 is 18.8 Å². The fourth-order valence-corrected chi connectivity index (χ4v) is 4.21. The average molecular weight is 384 g/mol. The van der Waals surface area contributed by atoms with Crippen LogP contribution in [0.15, 0.2) is 40.8 Å². The second-order valence-electron chi connectivity index (χ2n) is 8.21. The van der Waals surface area contributed by atoms with Crippen molar-refractivity contribution in [1.82, 2.24) is 5.32 Å². The lowest BCUT2D eigenvalue weighted by Crippen LogP contribution is -3.13. The number of carbonyl (C=O) groups is 1. The van der Waals surface area contributed by atoms with Gasteiger partial charge in [-0.1, -0.05) is 18.6 Å². The zero-order chi connectivity index (χ0) is 19.3. The fourth-order valence-electron chi connectivity index (χ4n) is 4.21. The molecule has 0 radical (unpaired) electrons. The van der Waals surface area contributed by atoms with Crippen molar-refractivity contribution in [1.29, 1.82) is 0 Å². The van der Waals surface area contributed by atoms with Crippen LogP contribution in [0.4, 0.5) is 0 Å². The molecule has 150 valence electrons. The third-order valence-corrected chi connectivity index (χ3v) is 5.95. The van der Waals surface area contributed by atoms with Crippen LogP contribution in [0.5, 0.6) is 5.75 Å². The van der Waals surface area contributed by atoms with Gasteiger partial charge in [0, 0.05) is 11.6 Å². The third-order valence-electron chi connectivity index (χ3n) is 5.95. The first kappa shape index (κ1) is 19.1. The highest BCUT2D eigenvalue weighted by molar-refractivity contribution is 5.91. The smallest absolute Gasteiger partial charge is 0.287 e. The van der Waals surface area contributed by atoms with E-state index in [-0.39, 0.29) is 5.91 Å². The van der Waals surface area contributed by atoms with Crippen LogP contribution in [0.1, 0.15) is 66.8 Å². The topological polar surface area (TPSA) is 55.9 Å². The van der Waals surface area contributed by atoms with Crippen molar-refractivity contribution in [2.75, 3.05) is 7.11 Å². The number of amides is 1. The summed E-state index contributed by atoms with van der Waals surface area (Å²) in [5.41, 5.74) is 1.28. The standard InChI is InChI=1S/C23H30N2O3/c1-27-20-9-5-6-17(14-20)15-25(19-7-3-2-4-8-19)16-21-12-13-22(28-21)23(26)24-18-10-11-18/h5-6,9,12-14,18-19H,2-4,7-8,10-11,15-16H2,1H3,(H,24,26)/p+1. The van der Waals surface area contributed by atoms with Crippen LogP contribution in [0, 0.1) is 0 Å². The molecular weight excluding hydrogens is 352 g/mol. The molecular formula is C23H31N2O3+. The van der Waals surface area contributed by atoms with E-state index in [4.69, 9.17) is 9.15 Å². The summed E-state index contributed by atoms with van der Waals surface area (Å²) in [6.45, 7) is 1.74. The van der Waals surface area contributed by atoms with Crippen molar-refractivity contribution in [3.63, 3.8) is 0 Å². The quantitative estimate of drug-likeness (QED) is 0.737. The van der Waals surface area contributed by atoms with Gasteiger partial charge in [0.1, 0.15) is 18.8 Å². The molecule has 2 aliphatic carbocycles. The highest BCUT2D eigenvalue weighted by Gasteiger charge is 2.28. The second kappa shape index (κ2) is 8.82. The van der Waals surface area contributed by atoms with Gasteiger partial charge in [0.25, 0.3) is 5.91 Å². The normalized spacial score (nSPS) is 18.6. The molecule has 0 spiro atoms. The molecule has 0 aliphatic heterocycles. The summed E-state index contributed by atoms with van der Waals surface area (Å²) < 4.78 is 11.3. The van der Waals surface area contributed by atoms with Crippen molar-refractivity contribution in [3.05, 3.63) is 53.5 Å². The summed E-state index contributed by atoms with van der Waals surface area (Å²) in [5, 5.41) is 3.00. The number of quaternary nitrogens is 1. The van der Waals surface area contributed by atoms with E-state index in [2.05, 4.69) is 23.5 Å². The Morgan fingerprint density at radius 3 is 2.68 bits per heavy atom. The Balaban J connectivity index is 1.46. The first-order valence-electron chi connectivity index (χ1n) is 10.6. The van der Waals surface area contributed by atoms with E-state index in [1.165, 1.54) is 42.6 Å². The molecule has 1 aromatic carbocycles. The van der Waals surface area contributed by atoms with Crippen molar-refractivity contribution in [3.8, 4) is 5.75 Å². The van der Waals surface area contributed by atoms with Gasteiger partial charge in [-0.15, -0.1) is 0 Å². The summed E-state index contributed by atoms with van der Waals surface area (Å²) in [6, 6.07) is 13.1. The number of furan rings is 1. The molecule has 0 saturated heterocycles. The molecule has 5 nitrogen and oxygen atoms in total. The lowest BCUT2D eigenvalue weighted by Gasteiger charge is -2.31. The minimum Gasteiger partial charge on any atom is -0.497 e. The highest BCUT2D eigenvalue weighted by atomic mass is 16.5. The first-order valence-corrected chi connectivity index (χ1v) is 10.6. The van der Waals surface area contributed by atoms with E-state index in [9.17, 15) is 4.79 Å². The summed E-state index contributed by atoms with van der Waals surface area (Å²) in [4.78, 5) is 13.7. The third kappa shape index (κ3) is 4.96. The minimum atomic E-state index is -0.0826. The van der Waals surface area contributed by atoms with Crippen LogP contribution in [-0.4, -0.2) is 25.1 Å². The Morgan fingerprint density at radius 1 is 1.11 bits per heavy atom. The number of rotatable bonds is 8. The van der Waals surface area contributed by atoms with E-state index >= 15 is 0 Å². The van der Waals surface area contributed by atoms with E-state index in [1.54, 1.807) is 7.11 Å². The summed E-state index contributed by atoms with van der Waals surface area (Å²) >= 11 is 0. The van der Waals surface area contributed by atoms with Gasteiger partial charge in [-0.05, 0) is 62.8 Å². The van der Waals surface area contributed by atoms with Crippen LogP contribution in [0.25, 0.3) is 0 Å². The number of ether oxygens (including phenoxy) is 1. The number of carbonyl (C=O) groups excluding carboxylic acids is 1. The lowest BCUT2D eigenvalue weighted by molar-refractivity contribution is -0.954. The molecule has 1 atom stereocenters. The molecule has 1 amide bonds. The largest absolute Gasteiger partial charge is 0.497 e. The predicted molar refractivity (Wildman–Crippen MR) is 107 cm³/mol. The molecule has 4 rings (SSSR count). The van der Waals surface area contributed by atoms with Gasteiger partial charge in [-0.2, -0.15) is 0 Å². The summed E-state index contributed by atoms with van der Waals surface area (Å²) in [7, 11) is 1.71. The number of methoxy groups -OCH3 is 1. The zero-order valence-corrected chi connectivity index (χ0v) is 16.7. The molecule has 1 unspecified atom stereocenters. The van der Waals surface area contributed by atoms with E-state index in [1.807, 2.05) is 18.2 Å². The predicted octanol–water partition coefficient (Wildman–Crippen LogP) is 3.10. The molecule has 2 N–H and O–H groups in total. The van der Waals surface area contributed by atoms with Gasteiger partial charge in [0.2, 0.25) is 0 Å². The Morgan fingerprint density at radius 2 is 1.93 bits per heavy atom. The first-order chi connectivity index (χ1) is 13.7. The maximum atomic E-state index is 12.2. The Kier molecular flexibility index (Phi) is 6.01. The van der Waals surface area contributed by atoms with Gasteiger partial charge in [-0.25, -0.2) is 0 Å². The average Bonchev–Trinajstić information content (AvgIpc) is 3.42. The molecule has 5 heteroatoms. The van der Waals surface area contributed by atoms with Gasteiger partial charge in [0.15, 0.2) is 11.5 Å². The number of nitrogens with one attached hydrogen (secondary N) is 2. The monoisotopic (exact) mass is 383 g/mol. The fraction of sp³-hybridized carbons (Fsp3) is 0.522. The molecule has 2 fully saturated rings. The molecule has 2 aromatic rings. The van der Waals surface area contributed by atoms with E-state index in [0.717, 1.165) is 37.4 Å². The van der Waals surface area contributed by atoms with Crippen LogP contribution >= 0.6 is 0 Å². The number of hydrogen-bond donors (Lipinski definition) is 2. The highest BCUT2D eigenvalue weighted by Crippen LogP contribution is 2.20. The molecule has 28 heavy (non-hydrogen) atoms. The maximum absolute atomic E-state index is 12.2. The van der Waals surface area contributed by atoms with Gasteiger partial charge in [-0.3, -0.25) is 4.79 Å².